The van der Waals surface area contributed by atoms with Crippen LogP contribution < -0.4 is 0 Å². The third kappa shape index (κ3) is 3.06. The summed E-state index contributed by atoms with van der Waals surface area (Å²) in [5.41, 5.74) is 0. The van der Waals surface area contributed by atoms with Crippen LogP contribution in [0.5, 0.6) is 0 Å². The maximum atomic E-state index is 11.6. The lowest BCUT2D eigenvalue weighted by atomic mass is 10.3. The molecule has 0 aromatic heterocycles. The quantitative estimate of drug-likeness (QED) is 0.631. The van der Waals surface area contributed by atoms with E-state index in [0.29, 0.717) is 10.5 Å². The van der Waals surface area contributed by atoms with Crippen LogP contribution in [0.3, 0.4) is 0 Å². The predicted molar refractivity (Wildman–Crippen MR) is 58.4 cm³/mol. The van der Waals surface area contributed by atoms with E-state index in [1.54, 1.807) is 6.92 Å². The van der Waals surface area contributed by atoms with Crippen LogP contribution >= 0.6 is 23.4 Å². The van der Waals surface area contributed by atoms with Gasteiger partial charge >= 0.3 is 0 Å². The highest BCUT2D eigenvalue weighted by Gasteiger charge is 2.27. The van der Waals surface area contributed by atoms with Crippen molar-refractivity contribution in [2.24, 2.45) is 0 Å². The SMILES string of the molecule is CC1CN(C(=O)C(C)Cl)CC(C)S1. The summed E-state index contributed by atoms with van der Waals surface area (Å²) in [6.45, 7) is 7.72. The van der Waals surface area contributed by atoms with Crippen LogP contribution in [0.25, 0.3) is 0 Å². The van der Waals surface area contributed by atoms with Crippen LogP contribution in [0.2, 0.25) is 0 Å². The van der Waals surface area contributed by atoms with Gasteiger partial charge in [0.2, 0.25) is 5.91 Å². The fourth-order valence-corrected chi connectivity index (χ4v) is 3.07. The summed E-state index contributed by atoms with van der Waals surface area (Å²) in [6.07, 6.45) is 0. The Kier molecular flexibility index (Phi) is 3.92. The molecule has 13 heavy (non-hydrogen) atoms. The molecule has 1 aliphatic rings. The van der Waals surface area contributed by atoms with Crippen molar-refractivity contribution in [2.45, 2.75) is 36.6 Å². The second-order valence-corrected chi connectivity index (χ2v) is 6.15. The highest BCUT2D eigenvalue weighted by molar-refractivity contribution is 8.00. The van der Waals surface area contributed by atoms with Gasteiger partial charge in [0.05, 0.1) is 0 Å². The molecule has 0 spiro atoms. The Morgan fingerprint density at radius 3 is 2.31 bits per heavy atom. The molecule has 76 valence electrons. The Bertz CT molecular complexity index is 188. The van der Waals surface area contributed by atoms with Crippen molar-refractivity contribution in [1.82, 2.24) is 4.90 Å². The predicted octanol–water partition coefficient (Wildman–Crippen LogP) is 1.97. The first kappa shape index (κ1) is 11.2. The topological polar surface area (TPSA) is 20.3 Å². The minimum Gasteiger partial charge on any atom is -0.339 e. The average Bonchev–Trinajstić information content (AvgIpc) is 2.01. The summed E-state index contributed by atoms with van der Waals surface area (Å²) < 4.78 is 0. The smallest absolute Gasteiger partial charge is 0.240 e. The van der Waals surface area contributed by atoms with Crippen molar-refractivity contribution < 1.29 is 4.79 Å². The van der Waals surface area contributed by atoms with Crippen LogP contribution in [-0.2, 0) is 4.79 Å². The summed E-state index contributed by atoms with van der Waals surface area (Å²) >= 11 is 7.70. The number of rotatable bonds is 1. The molecule has 1 amide bonds. The molecule has 3 unspecified atom stereocenters. The monoisotopic (exact) mass is 221 g/mol. The third-order valence-corrected chi connectivity index (χ3v) is 3.49. The van der Waals surface area contributed by atoms with Gasteiger partial charge in [0.1, 0.15) is 5.38 Å². The Balaban J connectivity index is 2.55. The number of thioether (sulfide) groups is 1. The van der Waals surface area contributed by atoms with Gasteiger partial charge in [-0.3, -0.25) is 4.79 Å². The van der Waals surface area contributed by atoms with Crippen molar-refractivity contribution in [2.75, 3.05) is 13.1 Å². The first-order valence-electron chi connectivity index (χ1n) is 4.59. The van der Waals surface area contributed by atoms with Crippen LogP contribution in [0, 0.1) is 0 Å². The number of amides is 1. The Morgan fingerprint density at radius 1 is 1.46 bits per heavy atom. The zero-order valence-corrected chi connectivity index (χ0v) is 9.86. The van der Waals surface area contributed by atoms with E-state index in [1.165, 1.54) is 0 Å². The fraction of sp³-hybridized carbons (Fsp3) is 0.889. The van der Waals surface area contributed by atoms with E-state index in [0.717, 1.165) is 13.1 Å². The number of hydrogen-bond donors (Lipinski definition) is 0. The number of alkyl halides is 1. The maximum Gasteiger partial charge on any atom is 0.240 e. The summed E-state index contributed by atoms with van der Waals surface area (Å²) in [5.74, 6) is 0.0701. The van der Waals surface area contributed by atoms with E-state index in [9.17, 15) is 4.79 Å². The molecule has 0 aliphatic carbocycles. The summed E-state index contributed by atoms with van der Waals surface area (Å²) in [5, 5.41) is 0.675. The lowest BCUT2D eigenvalue weighted by Crippen LogP contribution is -2.46. The molecule has 0 N–H and O–H groups in total. The van der Waals surface area contributed by atoms with Gasteiger partial charge < -0.3 is 4.90 Å². The zero-order valence-electron chi connectivity index (χ0n) is 8.29. The zero-order chi connectivity index (χ0) is 10.0. The molecule has 4 heteroatoms. The molecule has 1 fully saturated rings. The number of halogens is 1. The van der Waals surface area contributed by atoms with Gasteiger partial charge in [-0.05, 0) is 6.92 Å². The molecule has 1 rings (SSSR count). The van der Waals surface area contributed by atoms with Crippen molar-refractivity contribution in [3.8, 4) is 0 Å². The molecule has 1 heterocycles. The van der Waals surface area contributed by atoms with E-state index in [4.69, 9.17) is 11.6 Å². The van der Waals surface area contributed by atoms with E-state index < -0.39 is 0 Å². The van der Waals surface area contributed by atoms with E-state index in [2.05, 4.69) is 13.8 Å². The molecule has 0 saturated carbocycles. The van der Waals surface area contributed by atoms with Crippen molar-refractivity contribution in [3.05, 3.63) is 0 Å². The highest BCUT2D eigenvalue weighted by Crippen LogP contribution is 2.25. The number of carbonyl (C=O) groups is 1. The Morgan fingerprint density at radius 2 is 1.92 bits per heavy atom. The van der Waals surface area contributed by atoms with Gasteiger partial charge in [-0.25, -0.2) is 0 Å². The minimum absolute atomic E-state index is 0.0701. The first-order valence-corrected chi connectivity index (χ1v) is 5.97. The van der Waals surface area contributed by atoms with E-state index >= 15 is 0 Å². The maximum absolute atomic E-state index is 11.6. The molecule has 0 bridgehead atoms. The van der Waals surface area contributed by atoms with Crippen LogP contribution in [-0.4, -0.2) is 39.8 Å². The lowest BCUT2D eigenvalue weighted by molar-refractivity contribution is -0.130. The largest absolute Gasteiger partial charge is 0.339 e. The van der Waals surface area contributed by atoms with Gasteiger partial charge in [0, 0.05) is 23.6 Å². The molecule has 2 nitrogen and oxygen atoms in total. The molecule has 0 aromatic rings. The van der Waals surface area contributed by atoms with Crippen LogP contribution in [0.1, 0.15) is 20.8 Å². The summed E-state index contributed by atoms with van der Waals surface area (Å²) in [6, 6.07) is 0. The first-order chi connectivity index (χ1) is 6.00. The van der Waals surface area contributed by atoms with Gasteiger partial charge in [0.25, 0.3) is 0 Å². The summed E-state index contributed by atoms with van der Waals surface area (Å²) in [4.78, 5) is 13.5. The molecule has 1 aliphatic heterocycles. The Labute approximate surface area is 89.0 Å². The standard InChI is InChI=1S/C9H16ClNOS/c1-6-4-11(5-7(2)13-6)9(12)8(3)10/h6-8H,4-5H2,1-3H3. The normalized spacial score (nSPS) is 31.5. The average molecular weight is 222 g/mol. The second-order valence-electron chi connectivity index (χ2n) is 3.62. The van der Waals surface area contributed by atoms with Gasteiger partial charge in [-0.2, -0.15) is 11.8 Å². The Hall–Kier alpha value is 0.110. The van der Waals surface area contributed by atoms with Crippen molar-refractivity contribution >= 4 is 29.3 Å². The number of carbonyl (C=O) groups excluding carboxylic acids is 1. The van der Waals surface area contributed by atoms with Crippen LogP contribution in [0.15, 0.2) is 0 Å². The van der Waals surface area contributed by atoms with E-state index in [-0.39, 0.29) is 11.3 Å². The van der Waals surface area contributed by atoms with Crippen molar-refractivity contribution in [3.63, 3.8) is 0 Å². The van der Waals surface area contributed by atoms with Gasteiger partial charge in [0.15, 0.2) is 0 Å². The summed E-state index contributed by atoms with van der Waals surface area (Å²) in [7, 11) is 0. The molecule has 3 atom stereocenters. The molecular formula is C9H16ClNOS. The van der Waals surface area contributed by atoms with Crippen LogP contribution in [0.4, 0.5) is 0 Å². The molecular weight excluding hydrogens is 206 g/mol. The molecule has 0 aromatic carbocycles. The second kappa shape index (κ2) is 4.56. The van der Waals surface area contributed by atoms with Crippen molar-refractivity contribution in [1.29, 1.82) is 0 Å². The van der Waals surface area contributed by atoms with Gasteiger partial charge in [-0.1, -0.05) is 13.8 Å². The number of nitrogens with zero attached hydrogens (tertiary/aromatic N) is 1. The van der Waals surface area contributed by atoms with E-state index in [1.807, 2.05) is 16.7 Å². The molecule has 0 radical (unpaired) electrons. The van der Waals surface area contributed by atoms with Gasteiger partial charge in [-0.15, -0.1) is 11.6 Å². The third-order valence-electron chi connectivity index (χ3n) is 2.07. The lowest BCUT2D eigenvalue weighted by Gasteiger charge is -2.35. The molecule has 1 saturated heterocycles. The fourth-order valence-electron chi connectivity index (χ4n) is 1.61. The highest BCUT2D eigenvalue weighted by atomic mass is 35.5. The minimum atomic E-state index is -0.387. The number of hydrogen-bond acceptors (Lipinski definition) is 2.